The molecule has 1 amide bonds. The van der Waals surface area contributed by atoms with Crippen LogP contribution in [0.15, 0.2) is 6.33 Å². The van der Waals surface area contributed by atoms with Crippen molar-refractivity contribution >= 4 is 11.7 Å². The smallest absolute Gasteiger partial charge is 0.252 e. The molecule has 126 valence electrons. The number of nitrogens with zero attached hydrogens (tertiary/aromatic N) is 4. The molecule has 0 bridgehead atoms. The van der Waals surface area contributed by atoms with Gasteiger partial charge in [-0.3, -0.25) is 4.79 Å². The molecule has 0 aliphatic heterocycles. The minimum absolute atomic E-state index is 0.103. The van der Waals surface area contributed by atoms with Crippen LogP contribution in [0.2, 0.25) is 0 Å². The molecule has 0 aliphatic rings. The molecule has 1 unspecified atom stereocenters. The standard InChI is InChI=1S/C17H27N5O/c1-5-6-7-8-12(2)20-16(23)10-9-15-13(3)21-17-18-11-19-22(17)14(15)4/h11-12H,5-10H2,1-4H3,(H,20,23). The number of aryl methyl sites for hydroxylation is 2. The molecule has 6 nitrogen and oxygen atoms in total. The van der Waals surface area contributed by atoms with Gasteiger partial charge in [0.15, 0.2) is 0 Å². The molecule has 2 aromatic rings. The first-order chi connectivity index (χ1) is 11.0. The van der Waals surface area contributed by atoms with Crippen LogP contribution in [0.4, 0.5) is 0 Å². The van der Waals surface area contributed by atoms with Crippen LogP contribution in [-0.2, 0) is 11.2 Å². The van der Waals surface area contributed by atoms with Crippen LogP contribution in [0.1, 0.15) is 62.9 Å². The van der Waals surface area contributed by atoms with Gasteiger partial charge in [-0.2, -0.15) is 10.1 Å². The van der Waals surface area contributed by atoms with Crippen LogP contribution in [0.25, 0.3) is 5.78 Å². The van der Waals surface area contributed by atoms with Gasteiger partial charge in [-0.1, -0.05) is 26.2 Å². The molecule has 0 saturated carbocycles. The van der Waals surface area contributed by atoms with Crippen molar-refractivity contribution in [3.8, 4) is 0 Å². The van der Waals surface area contributed by atoms with Gasteiger partial charge >= 0.3 is 0 Å². The van der Waals surface area contributed by atoms with Gasteiger partial charge in [0, 0.05) is 23.9 Å². The summed E-state index contributed by atoms with van der Waals surface area (Å²) in [4.78, 5) is 20.7. The molecule has 23 heavy (non-hydrogen) atoms. The molecule has 2 rings (SSSR count). The van der Waals surface area contributed by atoms with Gasteiger partial charge < -0.3 is 5.32 Å². The second-order valence-electron chi connectivity index (χ2n) is 6.20. The first-order valence-electron chi connectivity index (χ1n) is 8.48. The summed E-state index contributed by atoms with van der Waals surface area (Å²) in [5.74, 6) is 0.712. The van der Waals surface area contributed by atoms with E-state index in [0.717, 1.165) is 23.4 Å². The third kappa shape index (κ3) is 4.50. The van der Waals surface area contributed by atoms with Crippen molar-refractivity contribution in [3.05, 3.63) is 23.3 Å². The van der Waals surface area contributed by atoms with E-state index in [0.29, 0.717) is 18.6 Å². The quantitative estimate of drug-likeness (QED) is 0.760. The normalized spacial score (nSPS) is 12.5. The van der Waals surface area contributed by atoms with Crippen molar-refractivity contribution in [3.63, 3.8) is 0 Å². The molecule has 2 heterocycles. The lowest BCUT2D eigenvalue weighted by atomic mass is 10.1. The highest BCUT2D eigenvalue weighted by Gasteiger charge is 2.13. The Labute approximate surface area is 137 Å². The average Bonchev–Trinajstić information content (AvgIpc) is 2.95. The fourth-order valence-electron chi connectivity index (χ4n) is 2.88. The van der Waals surface area contributed by atoms with Crippen molar-refractivity contribution in [1.82, 2.24) is 24.9 Å². The van der Waals surface area contributed by atoms with Crippen molar-refractivity contribution in [2.45, 2.75) is 72.3 Å². The zero-order valence-electron chi connectivity index (χ0n) is 14.6. The maximum Gasteiger partial charge on any atom is 0.252 e. The maximum atomic E-state index is 12.1. The van der Waals surface area contributed by atoms with E-state index in [9.17, 15) is 4.79 Å². The Morgan fingerprint density at radius 1 is 1.35 bits per heavy atom. The fourth-order valence-corrected chi connectivity index (χ4v) is 2.88. The highest BCUT2D eigenvalue weighted by atomic mass is 16.1. The van der Waals surface area contributed by atoms with Crippen molar-refractivity contribution in [2.24, 2.45) is 0 Å². The van der Waals surface area contributed by atoms with E-state index in [-0.39, 0.29) is 11.9 Å². The van der Waals surface area contributed by atoms with Gasteiger partial charge in [-0.25, -0.2) is 9.50 Å². The molecule has 1 atom stereocenters. The zero-order chi connectivity index (χ0) is 16.8. The lowest BCUT2D eigenvalue weighted by molar-refractivity contribution is -0.121. The molecule has 0 fully saturated rings. The lowest BCUT2D eigenvalue weighted by Gasteiger charge is -2.14. The van der Waals surface area contributed by atoms with Crippen LogP contribution in [0, 0.1) is 13.8 Å². The van der Waals surface area contributed by atoms with Crippen LogP contribution >= 0.6 is 0 Å². The molecule has 0 aliphatic carbocycles. The molecule has 6 heteroatoms. The van der Waals surface area contributed by atoms with Crippen molar-refractivity contribution in [2.75, 3.05) is 0 Å². The number of hydrogen-bond acceptors (Lipinski definition) is 4. The van der Waals surface area contributed by atoms with E-state index in [1.54, 1.807) is 4.52 Å². The Morgan fingerprint density at radius 2 is 2.13 bits per heavy atom. The fraction of sp³-hybridized carbons (Fsp3) is 0.647. The number of fused-ring (bicyclic) bond motifs is 1. The Kier molecular flexibility index (Phi) is 6.07. The van der Waals surface area contributed by atoms with E-state index in [1.165, 1.54) is 25.6 Å². The molecule has 1 N–H and O–H groups in total. The van der Waals surface area contributed by atoms with E-state index >= 15 is 0 Å². The molecule has 2 aromatic heterocycles. The summed E-state index contributed by atoms with van der Waals surface area (Å²) in [7, 11) is 0. The maximum absolute atomic E-state index is 12.1. The predicted octanol–water partition coefficient (Wildman–Crippen LogP) is 2.76. The van der Waals surface area contributed by atoms with Crippen LogP contribution in [0.5, 0.6) is 0 Å². The Balaban J connectivity index is 1.91. The summed E-state index contributed by atoms with van der Waals surface area (Å²) in [5.41, 5.74) is 3.01. The molecule has 0 spiro atoms. The number of hydrogen-bond donors (Lipinski definition) is 1. The number of nitrogens with one attached hydrogen (secondary N) is 1. The molecule has 0 saturated heterocycles. The molecular formula is C17H27N5O. The summed E-state index contributed by atoms with van der Waals surface area (Å²) in [6.45, 7) is 8.22. The van der Waals surface area contributed by atoms with Gasteiger partial charge in [0.05, 0.1) is 0 Å². The average molecular weight is 317 g/mol. The SMILES string of the molecule is CCCCCC(C)NC(=O)CCc1c(C)nc2ncnn2c1C. The lowest BCUT2D eigenvalue weighted by Crippen LogP contribution is -2.32. The Morgan fingerprint density at radius 3 is 2.87 bits per heavy atom. The van der Waals surface area contributed by atoms with E-state index in [2.05, 4.69) is 34.2 Å². The largest absolute Gasteiger partial charge is 0.354 e. The van der Waals surface area contributed by atoms with Crippen LogP contribution in [0.3, 0.4) is 0 Å². The van der Waals surface area contributed by atoms with E-state index < -0.39 is 0 Å². The highest BCUT2D eigenvalue weighted by Crippen LogP contribution is 2.15. The number of aromatic nitrogens is 4. The minimum Gasteiger partial charge on any atom is -0.354 e. The summed E-state index contributed by atoms with van der Waals surface area (Å²) >= 11 is 0. The number of unbranched alkanes of at least 4 members (excludes halogenated alkanes) is 2. The number of amides is 1. The first kappa shape index (κ1) is 17.4. The number of carbonyl (C=O) groups excluding carboxylic acids is 1. The predicted molar refractivity (Wildman–Crippen MR) is 90.3 cm³/mol. The van der Waals surface area contributed by atoms with Crippen molar-refractivity contribution < 1.29 is 4.79 Å². The van der Waals surface area contributed by atoms with Gasteiger partial charge in [0.1, 0.15) is 6.33 Å². The Hall–Kier alpha value is -1.98. The Bertz CT molecular complexity index is 664. The third-order valence-electron chi connectivity index (χ3n) is 4.24. The third-order valence-corrected chi connectivity index (χ3v) is 4.24. The second kappa shape index (κ2) is 8.04. The number of carbonyl (C=O) groups is 1. The van der Waals surface area contributed by atoms with E-state index in [4.69, 9.17) is 0 Å². The minimum atomic E-state index is 0.103. The van der Waals surface area contributed by atoms with Gasteiger partial charge in [0.25, 0.3) is 5.78 Å². The second-order valence-corrected chi connectivity index (χ2v) is 6.20. The monoisotopic (exact) mass is 317 g/mol. The first-order valence-corrected chi connectivity index (χ1v) is 8.48. The summed E-state index contributed by atoms with van der Waals surface area (Å²) in [5, 5.41) is 7.27. The van der Waals surface area contributed by atoms with Crippen LogP contribution in [-0.4, -0.2) is 31.5 Å². The molecular weight excluding hydrogens is 290 g/mol. The molecule has 0 radical (unpaired) electrons. The summed E-state index contributed by atoms with van der Waals surface area (Å²) in [6, 6.07) is 0.243. The van der Waals surface area contributed by atoms with Crippen LogP contribution < -0.4 is 5.32 Å². The van der Waals surface area contributed by atoms with E-state index in [1.807, 2.05) is 13.8 Å². The molecule has 0 aromatic carbocycles. The summed E-state index contributed by atoms with van der Waals surface area (Å²) in [6.07, 6.45) is 7.30. The zero-order valence-corrected chi connectivity index (χ0v) is 14.6. The van der Waals surface area contributed by atoms with Gasteiger partial charge in [0.2, 0.25) is 5.91 Å². The van der Waals surface area contributed by atoms with Gasteiger partial charge in [-0.05, 0) is 39.2 Å². The summed E-state index contributed by atoms with van der Waals surface area (Å²) < 4.78 is 1.73. The topological polar surface area (TPSA) is 72.2 Å². The number of rotatable bonds is 8. The van der Waals surface area contributed by atoms with Gasteiger partial charge in [-0.15, -0.1) is 0 Å². The van der Waals surface area contributed by atoms with Crippen molar-refractivity contribution in [1.29, 1.82) is 0 Å². The highest BCUT2D eigenvalue weighted by molar-refractivity contribution is 5.76.